The number of aryl methyl sites for hydroxylation is 1. The third-order valence-corrected chi connectivity index (χ3v) is 6.12. The first kappa shape index (κ1) is 22.9. The van der Waals surface area contributed by atoms with Gasteiger partial charge in [0.25, 0.3) is 0 Å². The van der Waals surface area contributed by atoms with Gasteiger partial charge in [0, 0.05) is 12.1 Å². The van der Waals surface area contributed by atoms with Gasteiger partial charge in [-0.25, -0.2) is 13.1 Å². The number of rotatable bonds is 8. The van der Waals surface area contributed by atoms with E-state index in [2.05, 4.69) is 42.9 Å². The van der Waals surface area contributed by atoms with Crippen LogP contribution in [-0.2, 0) is 20.2 Å². The van der Waals surface area contributed by atoms with Crippen LogP contribution in [0.3, 0.4) is 0 Å². The molecule has 0 aromatic heterocycles. The van der Waals surface area contributed by atoms with Crippen molar-refractivity contribution in [1.29, 1.82) is 0 Å². The SMILES string of the molecule is CNS(=O)(=O)c1cc(NC(=O)CCCOc2ccc(C(C)(C)C)cc2)ccc1C. The van der Waals surface area contributed by atoms with Crippen LogP contribution in [0.15, 0.2) is 47.4 Å². The summed E-state index contributed by atoms with van der Waals surface area (Å²) in [5, 5.41) is 2.74. The molecule has 158 valence electrons. The highest BCUT2D eigenvalue weighted by Crippen LogP contribution is 2.24. The molecule has 0 spiro atoms. The number of carbonyl (C=O) groups excluding carboxylic acids is 1. The fraction of sp³-hybridized carbons (Fsp3) is 0.409. The van der Waals surface area contributed by atoms with E-state index in [9.17, 15) is 13.2 Å². The van der Waals surface area contributed by atoms with Crippen molar-refractivity contribution >= 4 is 21.6 Å². The Labute approximate surface area is 173 Å². The van der Waals surface area contributed by atoms with Crippen LogP contribution in [0, 0.1) is 6.92 Å². The van der Waals surface area contributed by atoms with Crippen molar-refractivity contribution in [3.8, 4) is 5.75 Å². The Balaban J connectivity index is 1.84. The van der Waals surface area contributed by atoms with Crippen LogP contribution in [0.2, 0.25) is 0 Å². The molecule has 0 bridgehead atoms. The predicted octanol–water partition coefficient (Wildman–Crippen LogP) is 4.00. The highest BCUT2D eigenvalue weighted by atomic mass is 32.2. The molecule has 0 radical (unpaired) electrons. The fourth-order valence-electron chi connectivity index (χ4n) is 2.77. The molecular formula is C22H30N2O4S. The minimum atomic E-state index is -3.57. The molecule has 6 nitrogen and oxygen atoms in total. The zero-order valence-corrected chi connectivity index (χ0v) is 18.5. The highest BCUT2D eigenvalue weighted by Gasteiger charge is 2.16. The van der Waals surface area contributed by atoms with Crippen molar-refractivity contribution in [3.63, 3.8) is 0 Å². The van der Waals surface area contributed by atoms with Crippen molar-refractivity contribution in [2.45, 2.75) is 50.8 Å². The molecule has 2 N–H and O–H groups in total. The number of ether oxygens (including phenoxy) is 1. The van der Waals surface area contributed by atoms with Crippen LogP contribution < -0.4 is 14.8 Å². The summed E-state index contributed by atoms with van der Waals surface area (Å²) >= 11 is 0. The molecule has 0 heterocycles. The Morgan fingerprint density at radius 2 is 1.72 bits per heavy atom. The van der Waals surface area contributed by atoms with E-state index in [1.807, 2.05) is 12.1 Å². The molecule has 2 aromatic carbocycles. The summed E-state index contributed by atoms with van der Waals surface area (Å²) in [5.74, 6) is 0.590. The quantitative estimate of drug-likeness (QED) is 0.635. The number of carbonyl (C=O) groups is 1. The van der Waals surface area contributed by atoms with Gasteiger partial charge in [-0.05, 0) is 61.2 Å². The zero-order chi connectivity index (χ0) is 21.7. The Kier molecular flexibility index (Phi) is 7.43. The van der Waals surface area contributed by atoms with Gasteiger partial charge in [0.2, 0.25) is 15.9 Å². The van der Waals surface area contributed by atoms with Gasteiger partial charge in [-0.15, -0.1) is 0 Å². The lowest BCUT2D eigenvalue weighted by Crippen LogP contribution is -2.20. The third-order valence-electron chi connectivity index (χ3n) is 4.57. The van der Waals surface area contributed by atoms with Crippen molar-refractivity contribution in [1.82, 2.24) is 4.72 Å². The van der Waals surface area contributed by atoms with Gasteiger partial charge in [-0.1, -0.05) is 39.0 Å². The average molecular weight is 419 g/mol. The Morgan fingerprint density at radius 3 is 2.31 bits per heavy atom. The van der Waals surface area contributed by atoms with E-state index in [0.29, 0.717) is 24.3 Å². The molecule has 2 aromatic rings. The normalized spacial score (nSPS) is 11.9. The first-order valence-electron chi connectivity index (χ1n) is 9.60. The molecule has 0 fully saturated rings. The van der Waals surface area contributed by atoms with E-state index in [1.165, 1.54) is 18.7 Å². The van der Waals surface area contributed by atoms with Gasteiger partial charge in [0.1, 0.15) is 5.75 Å². The molecule has 0 unspecified atom stereocenters. The topological polar surface area (TPSA) is 84.5 Å². The number of benzene rings is 2. The third kappa shape index (κ3) is 6.58. The Morgan fingerprint density at radius 1 is 1.07 bits per heavy atom. The monoisotopic (exact) mass is 418 g/mol. The zero-order valence-electron chi connectivity index (χ0n) is 17.7. The van der Waals surface area contributed by atoms with Crippen molar-refractivity contribution < 1.29 is 17.9 Å². The number of nitrogens with one attached hydrogen (secondary N) is 2. The summed E-state index contributed by atoms with van der Waals surface area (Å²) < 4.78 is 32.1. The number of hydrogen-bond donors (Lipinski definition) is 2. The second-order valence-corrected chi connectivity index (χ2v) is 9.82. The number of amides is 1. The molecule has 0 aliphatic carbocycles. The van der Waals surface area contributed by atoms with E-state index >= 15 is 0 Å². The number of hydrogen-bond acceptors (Lipinski definition) is 4. The largest absolute Gasteiger partial charge is 0.494 e. The lowest BCUT2D eigenvalue weighted by Gasteiger charge is -2.19. The summed E-state index contributed by atoms with van der Waals surface area (Å²) in [5.41, 5.74) is 2.40. The van der Waals surface area contributed by atoms with Gasteiger partial charge in [-0.2, -0.15) is 0 Å². The number of anilines is 1. The molecule has 29 heavy (non-hydrogen) atoms. The van der Waals surface area contributed by atoms with Gasteiger partial charge in [-0.3, -0.25) is 4.79 Å². The number of sulfonamides is 1. The standard InChI is InChI=1S/C22H30N2O4S/c1-16-8-11-18(15-20(16)29(26,27)23-5)24-21(25)7-6-14-28-19-12-9-17(10-13-19)22(2,3)4/h8-13,15,23H,6-7,14H2,1-5H3,(H,24,25). The molecule has 0 aliphatic rings. The average Bonchev–Trinajstić information content (AvgIpc) is 2.66. The van der Waals surface area contributed by atoms with E-state index in [4.69, 9.17) is 4.74 Å². The minimum absolute atomic E-state index is 0.0962. The van der Waals surface area contributed by atoms with E-state index < -0.39 is 10.0 Å². The van der Waals surface area contributed by atoms with Gasteiger partial charge < -0.3 is 10.1 Å². The van der Waals surface area contributed by atoms with Crippen LogP contribution in [-0.4, -0.2) is 28.0 Å². The van der Waals surface area contributed by atoms with Crippen LogP contribution in [0.1, 0.15) is 44.7 Å². The van der Waals surface area contributed by atoms with E-state index in [0.717, 1.165) is 5.75 Å². The van der Waals surface area contributed by atoms with Gasteiger partial charge in [0.15, 0.2) is 0 Å². The lowest BCUT2D eigenvalue weighted by molar-refractivity contribution is -0.116. The van der Waals surface area contributed by atoms with Crippen molar-refractivity contribution in [2.75, 3.05) is 19.0 Å². The summed E-state index contributed by atoms with van der Waals surface area (Å²) in [6.07, 6.45) is 0.836. The molecular weight excluding hydrogens is 388 g/mol. The summed E-state index contributed by atoms with van der Waals surface area (Å²) in [6.45, 7) is 8.61. The Hall–Kier alpha value is -2.38. The first-order valence-corrected chi connectivity index (χ1v) is 11.1. The molecule has 0 atom stereocenters. The highest BCUT2D eigenvalue weighted by molar-refractivity contribution is 7.89. The summed E-state index contributed by atoms with van der Waals surface area (Å²) in [4.78, 5) is 12.3. The van der Waals surface area contributed by atoms with Crippen LogP contribution in [0.25, 0.3) is 0 Å². The second kappa shape index (κ2) is 9.41. The van der Waals surface area contributed by atoms with E-state index in [1.54, 1.807) is 19.1 Å². The maximum Gasteiger partial charge on any atom is 0.240 e. The van der Waals surface area contributed by atoms with Crippen LogP contribution >= 0.6 is 0 Å². The minimum Gasteiger partial charge on any atom is -0.494 e. The fourth-order valence-corrected chi connectivity index (χ4v) is 3.77. The maximum atomic E-state index is 12.2. The summed E-state index contributed by atoms with van der Waals surface area (Å²) in [7, 11) is -2.21. The smallest absolute Gasteiger partial charge is 0.240 e. The van der Waals surface area contributed by atoms with Crippen molar-refractivity contribution in [3.05, 3.63) is 53.6 Å². The van der Waals surface area contributed by atoms with Gasteiger partial charge >= 0.3 is 0 Å². The predicted molar refractivity (Wildman–Crippen MR) is 116 cm³/mol. The Bertz CT molecular complexity index is 946. The molecule has 2 rings (SSSR count). The maximum absolute atomic E-state index is 12.2. The first-order chi connectivity index (χ1) is 13.5. The second-order valence-electron chi connectivity index (χ2n) is 7.96. The van der Waals surface area contributed by atoms with E-state index in [-0.39, 0.29) is 22.6 Å². The molecule has 0 aliphatic heterocycles. The molecule has 0 saturated heterocycles. The van der Waals surface area contributed by atoms with Crippen molar-refractivity contribution in [2.24, 2.45) is 0 Å². The molecule has 7 heteroatoms. The molecule has 1 amide bonds. The van der Waals surface area contributed by atoms with Crippen LogP contribution in [0.5, 0.6) is 5.75 Å². The van der Waals surface area contributed by atoms with Gasteiger partial charge in [0.05, 0.1) is 11.5 Å². The van der Waals surface area contributed by atoms with Crippen LogP contribution in [0.4, 0.5) is 5.69 Å². The molecule has 0 saturated carbocycles. The summed E-state index contributed by atoms with van der Waals surface area (Å²) in [6, 6.07) is 12.8. The lowest BCUT2D eigenvalue weighted by atomic mass is 9.87.